The summed E-state index contributed by atoms with van der Waals surface area (Å²) in [6, 6.07) is 1.96. The number of hydrogen-bond acceptors (Lipinski definition) is 2. The molecule has 2 nitrogen and oxygen atoms in total. The van der Waals surface area contributed by atoms with E-state index in [9.17, 15) is 0 Å². The predicted octanol–water partition coefficient (Wildman–Crippen LogP) is 1.99. The van der Waals surface area contributed by atoms with E-state index in [1.165, 1.54) is 38.6 Å². The Labute approximate surface area is 87.8 Å². The Kier molecular flexibility index (Phi) is 3.13. The van der Waals surface area contributed by atoms with Gasteiger partial charge in [0.05, 0.1) is 0 Å². The van der Waals surface area contributed by atoms with E-state index < -0.39 is 0 Å². The fourth-order valence-corrected chi connectivity index (χ4v) is 3.21. The van der Waals surface area contributed by atoms with E-state index in [1.54, 1.807) is 0 Å². The third-order valence-electron chi connectivity index (χ3n) is 4.09. The van der Waals surface area contributed by atoms with Crippen molar-refractivity contribution < 1.29 is 0 Å². The maximum absolute atomic E-state index is 6.23. The van der Waals surface area contributed by atoms with Crippen LogP contribution in [0.25, 0.3) is 0 Å². The second-order valence-corrected chi connectivity index (χ2v) is 5.39. The van der Waals surface area contributed by atoms with E-state index in [-0.39, 0.29) is 0 Å². The van der Waals surface area contributed by atoms with Gasteiger partial charge >= 0.3 is 0 Å². The van der Waals surface area contributed by atoms with Crippen LogP contribution in [0.4, 0.5) is 0 Å². The summed E-state index contributed by atoms with van der Waals surface area (Å²) in [5, 5.41) is 0. The Morgan fingerprint density at radius 1 is 1.21 bits per heavy atom. The number of fused-ring (bicyclic) bond motifs is 5. The highest BCUT2D eigenvalue weighted by atomic mass is 15.2. The molecule has 1 saturated carbocycles. The highest BCUT2D eigenvalue weighted by Crippen LogP contribution is 2.32. The van der Waals surface area contributed by atoms with Gasteiger partial charge in [0.15, 0.2) is 0 Å². The van der Waals surface area contributed by atoms with Crippen LogP contribution in [0.5, 0.6) is 0 Å². The number of piperidine rings is 1. The van der Waals surface area contributed by atoms with Gasteiger partial charge in [-0.25, -0.2) is 0 Å². The van der Waals surface area contributed by atoms with Gasteiger partial charge in [0.1, 0.15) is 0 Å². The quantitative estimate of drug-likeness (QED) is 0.695. The first-order chi connectivity index (χ1) is 6.68. The van der Waals surface area contributed by atoms with Crippen LogP contribution in [0.15, 0.2) is 0 Å². The van der Waals surface area contributed by atoms with Gasteiger partial charge in [-0.3, -0.25) is 4.90 Å². The molecule has 82 valence electrons. The molecular formula is C12H24N2. The summed E-state index contributed by atoms with van der Waals surface area (Å²) < 4.78 is 0. The molecule has 0 radical (unpaired) electrons. The lowest BCUT2D eigenvalue weighted by atomic mass is 9.79. The standard InChI is InChI=1S/C12H24N2/c1-9(2)14-8-10-5-3-4-6-11(14)7-12(10)13/h9-12H,3-8,13H2,1-2H3/t10?,11-,12+/m0/s1. The molecule has 3 aliphatic rings. The van der Waals surface area contributed by atoms with E-state index in [0.717, 1.165) is 12.0 Å². The van der Waals surface area contributed by atoms with Crippen LogP contribution in [-0.4, -0.2) is 29.6 Å². The van der Waals surface area contributed by atoms with Crippen molar-refractivity contribution in [2.75, 3.05) is 6.54 Å². The Balaban J connectivity index is 2.09. The summed E-state index contributed by atoms with van der Waals surface area (Å²) in [6.07, 6.45) is 6.79. The first-order valence-corrected chi connectivity index (χ1v) is 6.20. The van der Waals surface area contributed by atoms with Crippen LogP contribution >= 0.6 is 0 Å². The molecule has 2 heterocycles. The van der Waals surface area contributed by atoms with Crippen LogP contribution in [0.2, 0.25) is 0 Å². The van der Waals surface area contributed by atoms with Gasteiger partial charge in [-0.1, -0.05) is 12.8 Å². The van der Waals surface area contributed by atoms with Crippen LogP contribution in [0, 0.1) is 5.92 Å². The van der Waals surface area contributed by atoms with Crippen LogP contribution in [-0.2, 0) is 0 Å². The van der Waals surface area contributed by atoms with Crippen molar-refractivity contribution in [3.63, 3.8) is 0 Å². The molecule has 0 amide bonds. The summed E-state index contributed by atoms with van der Waals surface area (Å²) >= 11 is 0. The molecule has 3 atom stereocenters. The SMILES string of the molecule is CC(C)N1CC2CCCC[C@H]1C[C@H]2N. The highest BCUT2D eigenvalue weighted by molar-refractivity contribution is 4.92. The minimum absolute atomic E-state index is 0.482. The molecule has 1 aliphatic carbocycles. The lowest BCUT2D eigenvalue weighted by Gasteiger charge is -2.47. The third-order valence-corrected chi connectivity index (χ3v) is 4.09. The smallest absolute Gasteiger partial charge is 0.0113 e. The molecule has 14 heavy (non-hydrogen) atoms. The first-order valence-electron chi connectivity index (χ1n) is 6.20. The van der Waals surface area contributed by atoms with Gasteiger partial charge < -0.3 is 5.73 Å². The van der Waals surface area contributed by atoms with Crippen molar-refractivity contribution in [2.24, 2.45) is 11.7 Å². The van der Waals surface area contributed by atoms with Crippen molar-refractivity contribution in [2.45, 2.75) is 64.1 Å². The van der Waals surface area contributed by atoms with Gasteiger partial charge in [-0.05, 0) is 39.0 Å². The largest absolute Gasteiger partial charge is 0.327 e. The zero-order chi connectivity index (χ0) is 10.1. The molecule has 0 aromatic rings. The molecule has 3 rings (SSSR count). The van der Waals surface area contributed by atoms with Gasteiger partial charge in [-0.15, -0.1) is 0 Å². The van der Waals surface area contributed by atoms with E-state index in [4.69, 9.17) is 5.73 Å². The lowest BCUT2D eigenvalue weighted by Crippen LogP contribution is -2.55. The van der Waals surface area contributed by atoms with Gasteiger partial charge in [-0.2, -0.15) is 0 Å². The second kappa shape index (κ2) is 4.19. The molecule has 1 unspecified atom stereocenters. The topological polar surface area (TPSA) is 29.3 Å². The van der Waals surface area contributed by atoms with Gasteiger partial charge in [0.2, 0.25) is 0 Å². The average molecular weight is 196 g/mol. The molecule has 2 aliphatic heterocycles. The minimum atomic E-state index is 0.482. The number of hydrogen-bond donors (Lipinski definition) is 1. The van der Waals surface area contributed by atoms with Gasteiger partial charge in [0.25, 0.3) is 0 Å². The second-order valence-electron chi connectivity index (χ2n) is 5.39. The van der Waals surface area contributed by atoms with Crippen molar-refractivity contribution in [1.82, 2.24) is 4.90 Å². The van der Waals surface area contributed by atoms with Crippen molar-refractivity contribution >= 4 is 0 Å². The minimum Gasteiger partial charge on any atom is -0.327 e. The number of nitrogens with zero attached hydrogens (tertiary/aromatic N) is 1. The molecule has 0 aromatic heterocycles. The van der Waals surface area contributed by atoms with E-state index in [1.807, 2.05) is 0 Å². The molecular weight excluding hydrogens is 172 g/mol. The Hall–Kier alpha value is -0.0800. The highest BCUT2D eigenvalue weighted by Gasteiger charge is 2.35. The first kappa shape index (κ1) is 10.4. The average Bonchev–Trinajstić information content (AvgIpc) is 2.07. The van der Waals surface area contributed by atoms with Gasteiger partial charge in [0, 0.05) is 24.7 Å². The Bertz CT molecular complexity index is 191. The Morgan fingerprint density at radius 2 is 1.93 bits per heavy atom. The zero-order valence-corrected chi connectivity index (χ0v) is 9.58. The van der Waals surface area contributed by atoms with Crippen LogP contribution in [0.3, 0.4) is 0 Å². The lowest BCUT2D eigenvalue weighted by molar-refractivity contribution is 0.0415. The van der Waals surface area contributed by atoms with Crippen molar-refractivity contribution in [3.8, 4) is 0 Å². The van der Waals surface area contributed by atoms with Crippen molar-refractivity contribution in [3.05, 3.63) is 0 Å². The van der Waals surface area contributed by atoms with Crippen molar-refractivity contribution in [1.29, 1.82) is 0 Å². The summed E-state index contributed by atoms with van der Waals surface area (Å²) in [4.78, 5) is 2.69. The molecule has 0 spiro atoms. The maximum Gasteiger partial charge on any atom is 0.0113 e. The molecule has 2 saturated heterocycles. The normalized spacial score (nSPS) is 39.9. The summed E-state index contributed by atoms with van der Waals surface area (Å²) in [6.45, 7) is 5.90. The molecule has 3 fully saturated rings. The predicted molar refractivity (Wildman–Crippen MR) is 60.2 cm³/mol. The zero-order valence-electron chi connectivity index (χ0n) is 9.58. The number of nitrogens with two attached hydrogens (primary N) is 1. The molecule has 2 N–H and O–H groups in total. The summed E-state index contributed by atoms with van der Waals surface area (Å²) in [7, 11) is 0. The van der Waals surface area contributed by atoms with Crippen LogP contribution < -0.4 is 5.73 Å². The molecule has 2 heteroatoms. The fraction of sp³-hybridized carbons (Fsp3) is 1.00. The van der Waals surface area contributed by atoms with Crippen LogP contribution in [0.1, 0.15) is 46.0 Å². The summed E-state index contributed by atoms with van der Waals surface area (Å²) in [5.41, 5.74) is 6.23. The monoisotopic (exact) mass is 196 g/mol. The maximum atomic E-state index is 6.23. The summed E-state index contributed by atoms with van der Waals surface area (Å²) in [5.74, 6) is 0.772. The molecule has 0 aromatic carbocycles. The van der Waals surface area contributed by atoms with E-state index in [2.05, 4.69) is 18.7 Å². The molecule has 2 bridgehead atoms. The van der Waals surface area contributed by atoms with E-state index >= 15 is 0 Å². The van der Waals surface area contributed by atoms with E-state index in [0.29, 0.717) is 12.1 Å². The third kappa shape index (κ3) is 1.96. The Morgan fingerprint density at radius 3 is 2.64 bits per heavy atom. The number of rotatable bonds is 1. The fourth-order valence-electron chi connectivity index (χ4n) is 3.21.